The maximum Gasteiger partial charge on any atom is 0.137 e. The second-order valence-electron chi connectivity index (χ2n) is 3.97. The van der Waals surface area contributed by atoms with Gasteiger partial charge in [0.2, 0.25) is 0 Å². The van der Waals surface area contributed by atoms with E-state index in [1.165, 1.54) is 0 Å². The number of rotatable bonds is 5. The summed E-state index contributed by atoms with van der Waals surface area (Å²) in [5.74, 6) is -1.20. The van der Waals surface area contributed by atoms with Crippen LogP contribution in [-0.4, -0.2) is 11.8 Å². The number of halogens is 2. The van der Waals surface area contributed by atoms with Crippen LogP contribution < -0.4 is 5.73 Å². The summed E-state index contributed by atoms with van der Waals surface area (Å²) in [5.41, 5.74) is 5.61. The molecule has 0 aliphatic rings. The Morgan fingerprint density at radius 2 is 2.12 bits per heavy atom. The molecule has 0 saturated heterocycles. The minimum Gasteiger partial charge on any atom is -0.328 e. The molecule has 1 unspecified atom stereocenters. The van der Waals surface area contributed by atoms with Gasteiger partial charge in [-0.05, 0) is 37.1 Å². The molecule has 0 aliphatic heterocycles. The van der Waals surface area contributed by atoms with Gasteiger partial charge in [0.05, 0.1) is 0 Å². The lowest BCUT2D eigenvalue weighted by atomic mass is 10.0. The monoisotopic (exact) mass is 227 g/mol. The van der Waals surface area contributed by atoms with Crippen molar-refractivity contribution in [3.05, 3.63) is 35.4 Å². The second kappa shape index (κ2) is 5.70. The number of ketones is 1. The van der Waals surface area contributed by atoms with Crippen LogP contribution in [0.4, 0.5) is 8.78 Å². The SMILES string of the molecule is CC(N)CCC(=O)Cc1cc(F)ccc1F. The molecule has 0 aliphatic carbocycles. The summed E-state index contributed by atoms with van der Waals surface area (Å²) in [6.45, 7) is 1.80. The first kappa shape index (κ1) is 12.8. The smallest absolute Gasteiger partial charge is 0.137 e. The van der Waals surface area contributed by atoms with E-state index in [1.807, 2.05) is 0 Å². The lowest BCUT2D eigenvalue weighted by Gasteiger charge is -2.05. The third-order valence-corrected chi connectivity index (χ3v) is 2.27. The van der Waals surface area contributed by atoms with Gasteiger partial charge in [0.15, 0.2) is 0 Å². The Balaban J connectivity index is 2.59. The van der Waals surface area contributed by atoms with Crippen LogP contribution in [0.5, 0.6) is 0 Å². The number of carbonyl (C=O) groups is 1. The Morgan fingerprint density at radius 3 is 2.75 bits per heavy atom. The summed E-state index contributed by atoms with van der Waals surface area (Å²) in [7, 11) is 0. The van der Waals surface area contributed by atoms with Gasteiger partial charge in [-0.25, -0.2) is 8.78 Å². The molecular formula is C12H15F2NO. The van der Waals surface area contributed by atoms with E-state index in [0.717, 1.165) is 18.2 Å². The van der Waals surface area contributed by atoms with E-state index in [2.05, 4.69) is 0 Å². The van der Waals surface area contributed by atoms with E-state index in [-0.39, 0.29) is 23.8 Å². The molecule has 0 saturated carbocycles. The molecule has 1 aromatic carbocycles. The summed E-state index contributed by atoms with van der Waals surface area (Å²) in [5, 5.41) is 0. The molecule has 1 rings (SSSR count). The molecule has 0 radical (unpaired) electrons. The van der Waals surface area contributed by atoms with Crippen molar-refractivity contribution in [1.82, 2.24) is 0 Å². The quantitative estimate of drug-likeness (QED) is 0.838. The topological polar surface area (TPSA) is 43.1 Å². The van der Waals surface area contributed by atoms with E-state index in [0.29, 0.717) is 12.8 Å². The van der Waals surface area contributed by atoms with E-state index in [4.69, 9.17) is 5.73 Å². The summed E-state index contributed by atoms with van der Waals surface area (Å²) in [4.78, 5) is 11.4. The zero-order valence-electron chi connectivity index (χ0n) is 9.17. The molecule has 0 spiro atoms. The zero-order valence-corrected chi connectivity index (χ0v) is 9.17. The molecule has 0 aromatic heterocycles. The molecule has 1 aromatic rings. The lowest BCUT2D eigenvalue weighted by molar-refractivity contribution is -0.118. The van der Waals surface area contributed by atoms with Crippen LogP contribution in [0.3, 0.4) is 0 Å². The molecule has 0 amide bonds. The van der Waals surface area contributed by atoms with E-state index < -0.39 is 11.6 Å². The Bertz CT molecular complexity index is 377. The van der Waals surface area contributed by atoms with Crippen LogP contribution in [0.1, 0.15) is 25.3 Å². The van der Waals surface area contributed by atoms with Gasteiger partial charge in [0.1, 0.15) is 17.4 Å². The normalized spacial score (nSPS) is 12.5. The van der Waals surface area contributed by atoms with E-state index in [9.17, 15) is 13.6 Å². The van der Waals surface area contributed by atoms with Crippen LogP contribution in [-0.2, 0) is 11.2 Å². The number of benzene rings is 1. The van der Waals surface area contributed by atoms with Crippen LogP contribution in [0.15, 0.2) is 18.2 Å². The van der Waals surface area contributed by atoms with Crippen molar-refractivity contribution in [3.63, 3.8) is 0 Å². The summed E-state index contributed by atoms with van der Waals surface area (Å²) in [6.07, 6.45) is 0.791. The van der Waals surface area contributed by atoms with Gasteiger partial charge >= 0.3 is 0 Å². The number of carbonyl (C=O) groups excluding carboxylic acids is 1. The minimum atomic E-state index is -0.546. The zero-order chi connectivity index (χ0) is 12.1. The first-order valence-corrected chi connectivity index (χ1v) is 5.20. The highest BCUT2D eigenvalue weighted by molar-refractivity contribution is 5.80. The Labute approximate surface area is 93.5 Å². The molecule has 1 atom stereocenters. The molecule has 0 bridgehead atoms. The average molecular weight is 227 g/mol. The first-order chi connectivity index (χ1) is 7.49. The fourth-order valence-corrected chi connectivity index (χ4v) is 1.37. The number of hydrogen-bond donors (Lipinski definition) is 1. The van der Waals surface area contributed by atoms with Gasteiger partial charge in [-0.3, -0.25) is 4.79 Å². The molecule has 16 heavy (non-hydrogen) atoms. The third kappa shape index (κ3) is 4.06. The van der Waals surface area contributed by atoms with Gasteiger partial charge < -0.3 is 5.73 Å². The van der Waals surface area contributed by atoms with Crippen molar-refractivity contribution in [2.45, 2.75) is 32.2 Å². The van der Waals surface area contributed by atoms with Crippen LogP contribution in [0.2, 0.25) is 0 Å². The van der Waals surface area contributed by atoms with Crippen LogP contribution in [0, 0.1) is 11.6 Å². The minimum absolute atomic E-state index is 0.0543. The number of nitrogens with two attached hydrogens (primary N) is 1. The number of hydrogen-bond acceptors (Lipinski definition) is 2. The van der Waals surface area contributed by atoms with Gasteiger partial charge in [-0.15, -0.1) is 0 Å². The molecule has 2 N–H and O–H groups in total. The van der Waals surface area contributed by atoms with Gasteiger partial charge in [0, 0.05) is 18.9 Å². The van der Waals surface area contributed by atoms with Gasteiger partial charge in [-0.1, -0.05) is 0 Å². The van der Waals surface area contributed by atoms with E-state index in [1.54, 1.807) is 6.92 Å². The standard InChI is InChI=1S/C12H15F2NO/c1-8(15)2-4-11(16)7-9-6-10(13)3-5-12(9)14/h3,5-6,8H,2,4,7,15H2,1H3. The highest BCUT2D eigenvalue weighted by Crippen LogP contribution is 2.12. The summed E-state index contributed by atoms with van der Waals surface area (Å²) >= 11 is 0. The Morgan fingerprint density at radius 1 is 1.44 bits per heavy atom. The molecule has 0 heterocycles. The van der Waals surface area contributed by atoms with Crippen molar-refractivity contribution >= 4 is 5.78 Å². The molecular weight excluding hydrogens is 212 g/mol. The second-order valence-corrected chi connectivity index (χ2v) is 3.97. The van der Waals surface area contributed by atoms with Crippen molar-refractivity contribution in [2.24, 2.45) is 5.73 Å². The van der Waals surface area contributed by atoms with Crippen molar-refractivity contribution in [3.8, 4) is 0 Å². The van der Waals surface area contributed by atoms with E-state index >= 15 is 0 Å². The number of Topliss-reactive ketones (excluding diaryl/α,β-unsaturated/α-hetero) is 1. The van der Waals surface area contributed by atoms with Crippen molar-refractivity contribution in [2.75, 3.05) is 0 Å². The molecule has 88 valence electrons. The Kier molecular flexibility index (Phi) is 4.55. The maximum absolute atomic E-state index is 13.2. The predicted octanol–water partition coefficient (Wildman–Crippen LogP) is 2.20. The van der Waals surface area contributed by atoms with Gasteiger partial charge in [0.25, 0.3) is 0 Å². The fourth-order valence-electron chi connectivity index (χ4n) is 1.37. The Hall–Kier alpha value is -1.29. The van der Waals surface area contributed by atoms with Crippen LogP contribution in [0.25, 0.3) is 0 Å². The molecule has 2 nitrogen and oxygen atoms in total. The lowest BCUT2D eigenvalue weighted by Crippen LogP contribution is -2.17. The predicted molar refractivity (Wildman–Crippen MR) is 58.0 cm³/mol. The third-order valence-electron chi connectivity index (χ3n) is 2.27. The highest BCUT2D eigenvalue weighted by Gasteiger charge is 2.10. The first-order valence-electron chi connectivity index (χ1n) is 5.20. The average Bonchev–Trinajstić information content (AvgIpc) is 2.20. The van der Waals surface area contributed by atoms with Crippen molar-refractivity contribution < 1.29 is 13.6 Å². The highest BCUT2D eigenvalue weighted by atomic mass is 19.1. The summed E-state index contributed by atoms with van der Waals surface area (Å²) < 4.78 is 26.0. The summed E-state index contributed by atoms with van der Waals surface area (Å²) in [6, 6.07) is 3.06. The molecule has 4 heteroatoms. The largest absolute Gasteiger partial charge is 0.328 e. The van der Waals surface area contributed by atoms with Gasteiger partial charge in [-0.2, -0.15) is 0 Å². The van der Waals surface area contributed by atoms with Crippen LogP contribution >= 0.6 is 0 Å². The molecule has 0 fully saturated rings. The van der Waals surface area contributed by atoms with Crippen molar-refractivity contribution in [1.29, 1.82) is 0 Å². The maximum atomic E-state index is 13.2. The fraction of sp³-hybridized carbons (Fsp3) is 0.417.